The number of nitrogens with zero attached hydrogens (tertiary/aromatic N) is 3. The third-order valence-corrected chi connectivity index (χ3v) is 3.76. The number of halogens is 1. The Labute approximate surface area is 124 Å². The van der Waals surface area contributed by atoms with Crippen molar-refractivity contribution >= 4 is 17.5 Å². The molecule has 1 aliphatic rings. The highest BCUT2D eigenvalue weighted by Crippen LogP contribution is 2.24. The fourth-order valence-electron chi connectivity index (χ4n) is 2.68. The highest BCUT2D eigenvalue weighted by atomic mass is 35.5. The van der Waals surface area contributed by atoms with Gasteiger partial charge in [0, 0.05) is 26.3 Å². The van der Waals surface area contributed by atoms with Gasteiger partial charge in [-0.2, -0.15) is 5.10 Å². The van der Waals surface area contributed by atoms with Gasteiger partial charge in [-0.05, 0) is 20.3 Å². The van der Waals surface area contributed by atoms with Gasteiger partial charge in [0.1, 0.15) is 0 Å². The summed E-state index contributed by atoms with van der Waals surface area (Å²) in [5.74, 6) is 0.405. The first-order valence-electron chi connectivity index (χ1n) is 6.92. The van der Waals surface area contributed by atoms with E-state index in [1.54, 1.807) is 10.9 Å². The van der Waals surface area contributed by atoms with E-state index in [4.69, 9.17) is 16.3 Å². The van der Waals surface area contributed by atoms with Crippen LogP contribution in [0.5, 0.6) is 0 Å². The van der Waals surface area contributed by atoms with E-state index in [-0.39, 0.29) is 17.6 Å². The average Bonchev–Trinajstić information content (AvgIpc) is 2.77. The molecule has 1 amide bonds. The molecule has 6 heteroatoms. The zero-order valence-electron chi connectivity index (χ0n) is 12.5. The lowest BCUT2D eigenvalue weighted by Crippen LogP contribution is -2.55. The summed E-state index contributed by atoms with van der Waals surface area (Å²) in [6, 6.07) is 0. The van der Waals surface area contributed by atoms with E-state index in [1.165, 1.54) is 0 Å². The van der Waals surface area contributed by atoms with Crippen LogP contribution in [0.15, 0.2) is 6.20 Å². The van der Waals surface area contributed by atoms with Crippen molar-refractivity contribution in [2.24, 2.45) is 7.05 Å². The Bertz CT molecular complexity index is 499. The second-order valence-electron chi connectivity index (χ2n) is 5.86. The van der Waals surface area contributed by atoms with Crippen LogP contribution in [0.3, 0.4) is 0 Å². The molecule has 2 rings (SSSR count). The minimum atomic E-state index is -0.373. The van der Waals surface area contributed by atoms with Crippen molar-refractivity contribution in [3.05, 3.63) is 17.5 Å². The molecule has 1 unspecified atom stereocenters. The van der Waals surface area contributed by atoms with Gasteiger partial charge in [0.25, 0.3) is 5.91 Å². The van der Waals surface area contributed by atoms with Crippen molar-refractivity contribution < 1.29 is 9.53 Å². The number of amides is 1. The van der Waals surface area contributed by atoms with E-state index in [0.717, 1.165) is 12.1 Å². The largest absolute Gasteiger partial charge is 0.367 e. The maximum absolute atomic E-state index is 12.7. The Morgan fingerprint density at radius 3 is 2.90 bits per heavy atom. The second kappa shape index (κ2) is 5.74. The topological polar surface area (TPSA) is 47.4 Å². The van der Waals surface area contributed by atoms with Crippen LogP contribution in [0.25, 0.3) is 0 Å². The number of hydrogen-bond donors (Lipinski definition) is 0. The molecule has 1 aliphatic heterocycles. The third-order valence-electron chi connectivity index (χ3n) is 3.41. The van der Waals surface area contributed by atoms with Crippen LogP contribution < -0.4 is 0 Å². The van der Waals surface area contributed by atoms with Crippen molar-refractivity contribution in [2.45, 2.75) is 38.9 Å². The molecule has 20 heavy (non-hydrogen) atoms. The molecule has 0 radical (unpaired) electrons. The van der Waals surface area contributed by atoms with E-state index in [9.17, 15) is 4.79 Å². The molecule has 1 fully saturated rings. The van der Waals surface area contributed by atoms with Crippen LogP contribution in [0.2, 0.25) is 0 Å². The summed E-state index contributed by atoms with van der Waals surface area (Å²) in [5.41, 5.74) is 1.15. The van der Waals surface area contributed by atoms with Crippen LogP contribution in [0.1, 0.15) is 36.8 Å². The first kappa shape index (κ1) is 15.3. The Morgan fingerprint density at radius 2 is 2.30 bits per heavy atom. The van der Waals surface area contributed by atoms with E-state index >= 15 is 0 Å². The zero-order chi connectivity index (χ0) is 14.9. The average molecular weight is 300 g/mol. The fourth-order valence-corrected chi connectivity index (χ4v) is 2.84. The molecular weight excluding hydrogens is 278 g/mol. The summed E-state index contributed by atoms with van der Waals surface area (Å²) in [7, 11) is 1.83. The molecule has 1 aromatic heterocycles. The lowest BCUT2D eigenvalue weighted by atomic mass is 10.0. The molecular formula is C14H22ClN3O2. The summed E-state index contributed by atoms with van der Waals surface area (Å²) in [5, 5.41) is 4.33. The van der Waals surface area contributed by atoms with E-state index in [2.05, 4.69) is 5.10 Å². The smallest absolute Gasteiger partial charge is 0.257 e. The standard InChI is InChI=1S/C14H22ClN3O2/c1-5-12-11(8-17(4)16-12)13(19)18-7-10(6-15)20-14(2,3)9-18/h8,10H,5-7,9H2,1-4H3. The van der Waals surface area contributed by atoms with Gasteiger partial charge in [0.15, 0.2) is 0 Å². The van der Waals surface area contributed by atoms with E-state index < -0.39 is 0 Å². The van der Waals surface area contributed by atoms with Crippen LogP contribution in [-0.4, -0.2) is 51.3 Å². The minimum absolute atomic E-state index is 0.0152. The van der Waals surface area contributed by atoms with Gasteiger partial charge >= 0.3 is 0 Å². The molecule has 0 spiro atoms. The molecule has 0 bridgehead atoms. The first-order valence-corrected chi connectivity index (χ1v) is 7.45. The van der Waals surface area contributed by atoms with E-state index in [0.29, 0.717) is 24.5 Å². The molecule has 1 aromatic rings. The third kappa shape index (κ3) is 3.15. The van der Waals surface area contributed by atoms with Crippen molar-refractivity contribution in [3.8, 4) is 0 Å². The highest BCUT2D eigenvalue weighted by molar-refractivity contribution is 6.18. The van der Waals surface area contributed by atoms with Gasteiger partial charge in [-0.15, -0.1) is 11.6 Å². The van der Waals surface area contributed by atoms with Crippen LogP contribution in [-0.2, 0) is 18.2 Å². The number of alkyl halides is 1. The van der Waals surface area contributed by atoms with Crippen molar-refractivity contribution in [2.75, 3.05) is 19.0 Å². The summed E-state index contributed by atoms with van der Waals surface area (Å²) < 4.78 is 7.55. The summed E-state index contributed by atoms with van der Waals surface area (Å²) in [6.45, 7) is 7.07. The molecule has 0 aromatic carbocycles. The van der Waals surface area contributed by atoms with E-state index in [1.807, 2.05) is 32.7 Å². The van der Waals surface area contributed by atoms with Gasteiger partial charge in [-0.1, -0.05) is 6.92 Å². The zero-order valence-corrected chi connectivity index (χ0v) is 13.3. The number of hydrogen-bond acceptors (Lipinski definition) is 3. The maximum Gasteiger partial charge on any atom is 0.257 e. The fraction of sp³-hybridized carbons (Fsp3) is 0.714. The number of aryl methyl sites for hydroxylation is 2. The predicted molar refractivity (Wildman–Crippen MR) is 78.2 cm³/mol. The molecule has 5 nitrogen and oxygen atoms in total. The second-order valence-corrected chi connectivity index (χ2v) is 6.16. The number of carbonyl (C=O) groups excluding carboxylic acids is 1. The van der Waals surface area contributed by atoms with Crippen LogP contribution >= 0.6 is 11.6 Å². The number of carbonyl (C=O) groups is 1. The Balaban J connectivity index is 2.23. The number of ether oxygens (including phenoxy) is 1. The summed E-state index contributed by atoms with van der Waals surface area (Å²) >= 11 is 5.91. The normalized spacial score (nSPS) is 22.1. The van der Waals surface area contributed by atoms with Crippen LogP contribution in [0, 0.1) is 0 Å². The summed E-state index contributed by atoms with van der Waals surface area (Å²) in [4.78, 5) is 14.5. The molecule has 2 heterocycles. The van der Waals surface area contributed by atoms with Crippen molar-refractivity contribution in [1.82, 2.24) is 14.7 Å². The molecule has 112 valence electrons. The molecule has 1 atom stereocenters. The van der Waals surface area contributed by atoms with Crippen molar-refractivity contribution in [1.29, 1.82) is 0 Å². The number of morpholine rings is 1. The highest BCUT2D eigenvalue weighted by Gasteiger charge is 2.36. The van der Waals surface area contributed by atoms with Gasteiger partial charge in [-0.3, -0.25) is 9.48 Å². The predicted octanol–water partition coefficient (Wildman–Crippen LogP) is 1.84. The summed E-state index contributed by atoms with van der Waals surface area (Å²) in [6.07, 6.45) is 2.42. The SMILES string of the molecule is CCc1nn(C)cc1C(=O)N1CC(CCl)OC(C)(C)C1. The van der Waals surface area contributed by atoms with Gasteiger partial charge in [0.05, 0.1) is 28.8 Å². The monoisotopic (exact) mass is 299 g/mol. The molecule has 0 saturated carbocycles. The van der Waals surface area contributed by atoms with Crippen LogP contribution in [0.4, 0.5) is 0 Å². The first-order chi connectivity index (χ1) is 9.36. The Kier molecular flexibility index (Phi) is 4.39. The lowest BCUT2D eigenvalue weighted by molar-refractivity contribution is -0.117. The lowest BCUT2D eigenvalue weighted by Gasteiger charge is -2.42. The Morgan fingerprint density at radius 1 is 1.60 bits per heavy atom. The number of rotatable bonds is 3. The molecule has 1 saturated heterocycles. The number of aromatic nitrogens is 2. The quantitative estimate of drug-likeness (QED) is 0.800. The van der Waals surface area contributed by atoms with Gasteiger partial charge < -0.3 is 9.64 Å². The van der Waals surface area contributed by atoms with Gasteiger partial charge in [0.2, 0.25) is 0 Å². The maximum atomic E-state index is 12.7. The Hall–Kier alpha value is -1.07. The molecule has 0 aliphatic carbocycles. The minimum Gasteiger partial charge on any atom is -0.367 e. The van der Waals surface area contributed by atoms with Crippen molar-refractivity contribution in [3.63, 3.8) is 0 Å². The molecule has 0 N–H and O–H groups in total. The van der Waals surface area contributed by atoms with Gasteiger partial charge in [-0.25, -0.2) is 0 Å².